The number of aliphatic hydroxyl groups excluding tert-OH is 1. The lowest BCUT2D eigenvalue weighted by molar-refractivity contribution is -0.146. The van der Waals surface area contributed by atoms with Crippen molar-refractivity contribution in [2.24, 2.45) is 7.05 Å². The first kappa shape index (κ1) is 19.9. The average molecular weight is 361 g/mol. The van der Waals surface area contributed by atoms with Crippen molar-refractivity contribution in [2.45, 2.75) is 45.0 Å². The van der Waals surface area contributed by atoms with Gasteiger partial charge in [-0.1, -0.05) is 30.3 Å². The highest BCUT2D eigenvalue weighted by Crippen LogP contribution is 2.11. The van der Waals surface area contributed by atoms with Crippen LogP contribution in [0.2, 0.25) is 0 Å². The van der Waals surface area contributed by atoms with E-state index in [2.05, 4.69) is 5.32 Å². The third-order valence-electron chi connectivity index (χ3n) is 4.31. The molecule has 0 bridgehead atoms. The number of rotatable bonds is 9. The van der Waals surface area contributed by atoms with E-state index in [1.54, 1.807) is 27.1 Å². The van der Waals surface area contributed by atoms with E-state index in [1.807, 2.05) is 30.3 Å². The lowest BCUT2D eigenvalue weighted by Gasteiger charge is -2.26. The van der Waals surface area contributed by atoms with E-state index >= 15 is 0 Å². The number of carbonyl (C=O) groups excluding carboxylic acids is 1. The molecule has 7 heteroatoms. The zero-order valence-corrected chi connectivity index (χ0v) is 15.5. The zero-order chi connectivity index (χ0) is 19.1. The van der Waals surface area contributed by atoms with Gasteiger partial charge in [-0.05, 0) is 32.3 Å². The molecule has 0 aliphatic carbocycles. The van der Waals surface area contributed by atoms with Gasteiger partial charge < -0.3 is 14.4 Å². The van der Waals surface area contributed by atoms with Gasteiger partial charge in [0.05, 0.1) is 12.6 Å². The molecule has 26 heavy (non-hydrogen) atoms. The van der Waals surface area contributed by atoms with Crippen molar-refractivity contribution in [2.75, 3.05) is 6.61 Å². The van der Waals surface area contributed by atoms with Crippen molar-refractivity contribution >= 4 is 5.97 Å². The van der Waals surface area contributed by atoms with Crippen molar-refractivity contribution in [3.8, 4) is 0 Å². The third-order valence-corrected chi connectivity index (χ3v) is 4.31. The highest BCUT2D eigenvalue weighted by molar-refractivity contribution is 5.75. The number of imidazole rings is 1. The van der Waals surface area contributed by atoms with Gasteiger partial charge in [-0.15, -0.1) is 0 Å². The number of ether oxygens (including phenoxy) is 1. The maximum atomic E-state index is 12.3. The molecule has 1 aromatic carbocycles. The fourth-order valence-corrected chi connectivity index (χ4v) is 2.79. The topological polar surface area (TPSA) is 85.5 Å². The summed E-state index contributed by atoms with van der Waals surface area (Å²) in [6, 6.07) is 8.78. The smallest absolute Gasteiger partial charge is 0.330 e. The standard InChI is InChI=1S/C19H27N3O4/c1-4-26-18(24)16(11-10-15-8-6-5-7-9-15)20-14(2)17(23)22-13-12-21(3)19(22)25/h5-9,12-14,16-17,20,23H,4,10-11H2,1-3H3/t14-,16-,17-/m0/s1. The maximum absolute atomic E-state index is 12.3. The van der Waals surface area contributed by atoms with Crippen LogP contribution in [0.15, 0.2) is 47.5 Å². The molecule has 7 nitrogen and oxygen atoms in total. The number of benzene rings is 1. The second-order valence-electron chi connectivity index (χ2n) is 6.30. The van der Waals surface area contributed by atoms with Gasteiger partial charge in [-0.2, -0.15) is 0 Å². The summed E-state index contributed by atoms with van der Waals surface area (Å²) < 4.78 is 7.77. The van der Waals surface area contributed by atoms with Crippen LogP contribution in [0.25, 0.3) is 0 Å². The summed E-state index contributed by atoms with van der Waals surface area (Å²) in [6.45, 7) is 3.78. The van der Waals surface area contributed by atoms with Crippen molar-refractivity contribution in [1.82, 2.24) is 14.5 Å². The molecule has 0 radical (unpaired) electrons. The van der Waals surface area contributed by atoms with E-state index in [9.17, 15) is 14.7 Å². The minimum atomic E-state index is -1.09. The Balaban J connectivity index is 2.05. The Morgan fingerprint density at radius 2 is 1.96 bits per heavy atom. The molecule has 0 aliphatic heterocycles. The predicted octanol–water partition coefficient (Wildman–Crippen LogP) is 1.22. The second kappa shape index (κ2) is 9.35. The van der Waals surface area contributed by atoms with Crippen LogP contribution in [0.4, 0.5) is 0 Å². The van der Waals surface area contributed by atoms with E-state index in [1.165, 1.54) is 15.3 Å². The van der Waals surface area contributed by atoms with Gasteiger partial charge in [0.1, 0.15) is 12.3 Å². The van der Waals surface area contributed by atoms with Gasteiger partial charge in [-0.3, -0.25) is 14.7 Å². The molecule has 0 amide bonds. The molecule has 2 N–H and O–H groups in total. The fraction of sp³-hybridized carbons (Fsp3) is 0.474. The molecule has 3 atom stereocenters. The monoisotopic (exact) mass is 361 g/mol. The van der Waals surface area contributed by atoms with Gasteiger partial charge in [-0.25, -0.2) is 4.79 Å². The number of hydrogen-bond donors (Lipinski definition) is 2. The molecular weight excluding hydrogens is 334 g/mol. The summed E-state index contributed by atoms with van der Waals surface area (Å²) in [5.74, 6) is -0.358. The number of carbonyl (C=O) groups is 1. The summed E-state index contributed by atoms with van der Waals surface area (Å²) >= 11 is 0. The second-order valence-corrected chi connectivity index (χ2v) is 6.30. The summed E-state index contributed by atoms with van der Waals surface area (Å²) in [6.07, 6.45) is 3.25. The van der Waals surface area contributed by atoms with Crippen molar-refractivity contribution in [3.05, 3.63) is 58.8 Å². The minimum absolute atomic E-state index is 0.289. The van der Waals surface area contributed by atoms with E-state index in [0.29, 0.717) is 12.8 Å². The molecule has 2 rings (SSSR count). The maximum Gasteiger partial charge on any atom is 0.330 e. The Morgan fingerprint density at radius 3 is 2.54 bits per heavy atom. The first-order chi connectivity index (χ1) is 12.4. The fourth-order valence-electron chi connectivity index (χ4n) is 2.79. The van der Waals surface area contributed by atoms with Crippen LogP contribution in [0.5, 0.6) is 0 Å². The molecule has 0 saturated heterocycles. The molecule has 0 aliphatic rings. The largest absolute Gasteiger partial charge is 0.465 e. The van der Waals surface area contributed by atoms with Gasteiger partial charge in [0, 0.05) is 19.4 Å². The van der Waals surface area contributed by atoms with Crippen LogP contribution >= 0.6 is 0 Å². The van der Waals surface area contributed by atoms with E-state index in [4.69, 9.17) is 4.74 Å². The number of hydrogen-bond acceptors (Lipinski definition) is 5. The van der Waals surface area contributed by atoms with Gasteiger partial charge >= 0.3 is 11.7 Å². The third kappa shape index (κ3) is 5.06. The first-order valence-corrected chi connectivity index (χ1v) is 8.82. The van der Waals surface area contributed by atoms with Crippen LogP contribution in [0.1, 0.15) is 32.1 Å². The molecule has 0 unspecified atom stereocenters. The minimum Gasteiger partial charge on any atom is -0.465 e. The molecule has 142 valence electrons. The van der Waals surface area contributed by atoms with Gasteiger partial charge in [0.2, 0.25) is 0 Å². The number of nitrogens with zero attached hydrogens (tertiary/aromatic N) is 2. The zero-order valence-electron chi connectivity index (χ0n) is 15.5. The Morgan fingerprint density at radius 1 is 1.27 bits per heavy atom. The number of aryl methyl sites for hydroxylation is 2. The molecular formula is C19H27N3O4. The summed E-state index contributed by atoms with van der Waals surface area (Å²) in [7, 11) is 1.62. The van der Waals surface area contributed by atoms with Crippen LogP contribution in [0, 0.1) is 0 Å². The Kier molecular flexibility index (Phi) is 7.17. The summed E-state index contributed by atoms with van der Waals surface area (Å²) in [5, 5.41) is 13.6. The van der Waals surface area contributed by atoms with Crippen molar-refractivity contribution in [3.63, 3.8) is 0 Å². The SMILES string of the molecule is CCOC(=O)[C@H](CCc1ccccc1)N[C@@H](C)[C@H](O)n1ccn(C)c1=O. The van der Waals surface area contributed by atoms with Crippen LogP contribution in [0.3, 0.4) is 0 Å². The summed E-state index contributed by atoms with van der Waals surface area (Å²) in [5.41, 5.74) is 0.805. The van der Waals surface area contributed by atoms with E-state index in [0.717, 1.165) is 5.56 Å². The van der Waals surface area contributed by atoms with Gasteiger partial charge in [0.15, 0.2) is 0 Å². The first-order valence-electron chi connectivity index (χ1n) is 8.82. The lowest BCUT2D eigenvalue weighted by atomic mass is 10.0. The quantitative estimate of drug-likeness (QED) is 0.656. The molecule has 0 fully saturated rings. The van der Waals surface area contributed by atoms with Crippen LogP contribution in [-0.4, -0.2) is 38.9 Å². The molecule has 0 spiro atoms. The molecule has 0 saturated carbocycles. The highest BCUT2D eigenvalue weighted by Gasteiger charge is 2.26. The average Bonchev–Trinajstić information content (AvgIpc) is 2.97. The number of aromatic nitrogens is 2. The Labute approximate surface area is 153 Å². The number of esters is 1. The van der Waals surface area contributed by atoms with Crippen LogP contribution in [-0.2, 0) is 23.0 Å². The number of nitrogens with one attached hydrogen (secondary N) is 1. The van der Waals surface area contributed by atoms with Crippen LogP contribution < -0.4 is 11.0 Å². The normalized spacial score (nSPS) is 14.6. The van der Waals surface area contributed by atoms with Crippen molar-refractivity contribution < 1.29 is 14.6 Å². The highest BCUT2D eigenvalue weighted by atomic mass is 16.5. The molecule has 2 aromatic rings. The molecule has 1 aromatic heterocycles. The lowest BCUT2D eigenvalue weighted by Crippen LogP contribution is -2.48. The Bertz CT molecular complexity index is 754. The predicted molar refractivity (Wildman–Crippen MR) is 98.7 cm³/mol. The Hall–Kier alpha value is -2.38. The summed E-state index contributed by atoms with van der Waals surface area (Å²) in [4.78, 5) is 24.3. The van der Waals surface area contributed by atoms with E-state index < -0.39 is 18.3 Å². The number of aliphatic hydroxyl groups is 1. The molecule has 1 heterocycles. The van der Waals surface area contributed by atoms with E-state index in [-0.39, 0.29) is 18.3 Å². The van der Waals surface area contributed by atoms with Gasteiger partial charge in [0.25, 0.3) is 0 Å². The van der Waals surface area contributed by atoms with Crippen molar-refractivity contribution in [1.29, 1.82) is 0 Å².